The summed E-state index contributed by atoms with van der Waals surface area (Å²) in [4.78, 5) is 17.7. The summed E-state index contributed by atoms with van der Waals surface area (Å²) in [6.45, 7) is 0. The van der Waals surface area contributed by atoms with Crippen LogP contribution < -0.4 is 11.5 Å². The summed E-state index contributed by atoms with van der Waals surface area (Å²) in [5.41, 5.74) is 10.8. The number of primary amides is 1. The zero-order chi connectivity index (χ0) is 10.6. The van der Waals surface area contributed by atoms with Gasteiger partial charge < -0.3 is 11.5 Å². The molecule has 5 nitrogen and oxygen atoms in total. The molecule has 0 saturated heterocycles. The van der Waals surface area contributed by atoms with Crippen molar-refractivity contribution in [1.82, 2.24) is 9.97 Å². The summed E-state index contributed by atoms with van der Waals surface area (Å²) in [7, 11) is 0. The van der Waals surface area contributed by atoms with Crippen LogP contribution in [0.2, 0.25) is 5.28 Å². The number of hydrogen-bond acceptors (Lipinski definition) is 4. The molecule has 0 unspecified atom stereocenters. The average Bonchev–Trinajstić information content (AvgIpc) is 2.08. The number of halogens is 1. The van der Waals surface area contributed by atoms with Crippen LogP contribution in [0.5, 0.6) is 0 Å². The Morgan fingerprint density at radius 1 is 1.64 bits per heavy atom. The van der Waals surface area contributed by atoms with Crippen molar-refractivity contribution in [1.29, 1.82) is 0 Å². The van der Waals surface area contributed by atoms with Crippen molar-refractivity contribution in [3.05, 3.63) is 17.0 Å². The predicted molar refractivity (Wildman–Crippen MR) is 52.1 cm³/mol. The van der Waals surface area contributed by atoms with E-state index >= 15 is 0 Å². The molecule has 0 atom stereocenters. The van der Waals surface area contributed by atoms with Gasteiger partial charge in [-0.25, -0.2) is 4.98 Å². The van der Waals surface area contributed by atoms with Crippen LogP contribution in [0, 0.1) is 11.8 Å². The molecule has 72 valence electrons. The van der Waals surface area contributed by atoms with Crippen molar-refractivity contribution in [2.75, 3.05) is 5.73 Å². The minimum Gasteiger partial charge on any atom is -0.383 e. The Hall–Kier alpha value is -1.80. The largest absolute Gasteiger partial charge is 0.383 e. The highest BCUT2D eigenvalue weighted by Gasteiger charge is 1.98. The van der Waals surface area contributed by atoms with Gasteiger partial charge in [0.2, 0.25) is 11.2 Å². The molecule has 0 aliphatic rings. The number of hydrogen-bond donors (Lipinski definition) is 2. The first-order valence-corrected chi connectivity index (χ1v) is 4.02. The van der Waals surface area contributed by atoms with E-state index in [1.54, 1.807) is 0 Å². The van der Waals surface area contributed by atoms with Crippen molar-refractivity contribution in [2.45, 2.75) is 6.42 Å². The highest BCUT2D eigenvalue weighted by Crippen LogP contribution is 2.08. The van der Waals surface area contributed by atoms with Gasteiger partial charge in [-0.15, -0.1) is 0 Å². The molecule has 0 spiro atoms. The van der Waals surface area contributed by atoms with Gasteiger partial charge in [0, 0.05) is 6.20 Å². The van der Waals surface area contributed by atoms with Crippen LogP contribution in [-0.2, 0) is 4.79 Å². The lowest BCUT2D eigenvalue weighted by Crippen LogP contribution is -2.08. The number of aromatic nitrogens is 2. The Balaban J connectivity index is 2.85. The van der Waals surface area contributed by atoms with Crippen LogP contribution in [0.3, 0.4) is 0 Å². The van der Waals surface area contributed by atoms with E-state index in [1.165, 1.54) is 6.20 Å². The molecule has 0 radical (unpaired) electrons. The van der Waals surface area contributed by atoms with Crippen molar-refractivity contribution >= 4 is 23.3 Å². The zero-order valence-electron chi connectivity index (χ0n) is 7.12. The monoisotopic (exact) mass is 210 g/mol. The Bertz CT molecular complexity index is 421. The molecule has 0 aromatic carbocycles. The average molecular weight is 211 g/mol. The highest BCUT2D eigenvalue weighted by atomic mass is 35.5. The molecule has 1 aromatic rings. The summed E-state index contributed by atoms with van der Waals surface area (Å²) in [6, 6.07) is 0. The van der Waals surface area contributed by atoms with Crippen LogP contribution >= 0.6 is 11.6 Å². The Labute approximate surface area is 85.5 Å². The van der Waals surface area contributed by atoms with E-state index < -0.39 is 5.91 Å². The van der Waals surface area contributed by atoms with Gasteiger partial charge in [-0.05, 0) is 11.6 Å². The molecule has 1 heterocycles. The molecule has 0 saturated carbocycles. The second kappa shape index (κ2) is 4.44. The zero-order valence-corrected chi connectivity index (χ0v) is 7.88. The third kappa shape index (κ3) is 2.92. The number of carbonyl (C=O) groups excluding carboxylic acids is 1. The molecular formula is C8H7ClN4O. The Morgan fingerprint density at radius 3 is 2.93 bits per heavy atom. The van der Waals surface area contributed by atoms with Gasteiger partial charge in [0.15, 0.2) is 0 Å². The fourth-order valence-electron chi connectivity index (χ4n) is 0.695. The second-order valence-corrected chi connectivity index (χ2v) is 2.72. The molecule has 0 aliphatic carbocycles. The summed E-state index contributed by atoms with van der Waals surface area (Å²) < 4.78 is 0. The third-order valence-electron chi connectivity index (χ3n) is 1.27. The quantitative estimate of drug-likeness (QED) is 0.502. The molecular weight excluding hydrogens is 204 g/mol. The molecule has 0 fully saturated rings. The first-order valence-electron chi connectivity index (χ1n) is 3.65. The molecule has 6 heteroatoms. The van der Waals surface area contributed by atoms with E-state index in [0.717, 1.165) is 0 Å². The first kappa shape index (κ1) is 10.3. The van der Waals surface area contributed by atoms with Gasteiger partial charge in [0.05, 0.1) is 12.0 Å². The summed E-state index contributed by atoms with van der Waals surface area (Å²) >= 11 is 5.48. The number of amides is 1. The standard InChI is InChI=1S/C8H7ClN4O/c9-8-12-4-5(7(11)13-8)2-1-3-6(10)14/h4H,3H2,(H2,10,14)(H2,11,12,13). The van der Waals surface area contributed by atoms with E-state index in [1.807, 2.05) is 0 Å². The maximum absolute atomic E-state index is 10.4. The van der Waals surface area contributed by atoms with E-state index in [4.69, 9.17) is 23.1 Å². The summed E-state index contributed by atoms with van der Waals surface area (Å²) in [5.74, 6) is 4.83. The molecule has 0 bridgehead atoms. The van der Waals surface area contributed by atoms with E-state index in [-0.39, 0.29) is 17.5 Å². The van der Waals surface area contributed by atoms with Crippen LogP contribution in [-0.4, -0.2) is 15.9 Å². The minimum absolute atomic E-state index is 0.0257. The van der Waals surface area contributed by atoms with Crippen molar-refractivity contribution < 1.29 is 4.79 Å². The summed E-state index contributed by atoms with van der Waals surface area (Å²) in [6.07, 6.45) is 1.36. The fourth-order valence-corrected chi connectivity index (χ4v) is 0.835. The molecule has 14 heavy (non-hydrogen) atoms. The van der Waals surface area contributed by atoms with E-state index in [0.29, 0.717) is 5.56 Å². The Morgan fingerprint density at radius 2 is 2.36 bits per heavy atom. The normalized spacial score (nSPS) is 8.93. The van der Waals surface area contributed by atoms with Crippen LogP contribution in [0.4, 0.5) is 5.82 Å². The van der Waals surface area contributed by atoms with Gasteiger partial charge in [-0.3, -0.25) is 4.79 Å². The maximum atomic E-state index is 10.4. The van der Waals surface area contributed by atoms with Gasteiger partial charge in [0.25, 0.3) is 0 Å². The van der Waals surface area contributed by atoms with Crippen LogP contribution in [0.1, 0.15) is 12.0 Å². The fraction of sp³-hybridized carbons (Fsp3) is 0.125. The second-order valence-electron chi connectivity index (χ2n) is 2.38. The van der Waals surface area contributed by atoms with E-state index in [2.05, 4.69) is 21.8 Å². The molecule has 1 amide bonds. The SMILES string of the molecule is NC(=O)CC#Cc1cnc(Cl)nc1N. The number of nitrogens with two attached hydrogens (primary N) is 2. The van der Waals surface area contributed by atoms with Gasteiger partial charge in [-0.1, -0.05) is 11.8 Å². The smallest absolute Gasteiger partial charge is 0.229 e. The van der Waals surface area contributed by atoms with E-state index in [9.17, 15) is 4.79 Å². The van der Waals surface area contributed by atoms with Crippen LogP contribution in [0.25, 0.3) is 0 Å². The van der Waals surface area contributed by atoms with Crippen molar-refractivity contribution in [2.24, 2.45) is 5.73 Å². The Kier molecular flexibility index (Phi) is 3.26. The predicted octanol–water partition coefficient (Wildman–Crippen LogP) is -0.0609. The molecule has 0 aliphatic heterocycles. The number of anilines is 1. The lowest BCUT2D eigenvalue weighted by Gasteiger charge is -1.95. The first-order chi connectivity index (χ1) is 6.59. The topological polar surface area (TPSA) is 94.9 Å². The molecule has 1 rings (SSSR count). The lowest BCUT2D eigenvalue weighted by atomic mass is 10.3. The lowest BCUT2D eigenvalue weighted by molar-refractivity contribution is -0.117. The van der Waals surface area contributed by atoms with Crippen molar-refractivity contribution in [3.8, 4) is 11.8 Å². The number of rotatable bonds is 1. The van der Waals surface area contributed by atoms with Gasteiger partial charge in [-0.2, -0.15) is 4.98 Å². The number of carbonyl (C=O) groups is 1. The number of nitrogen functional groups attached to an aromatic ring is 1. The molecule has 1 aromatic heterocycles. The highest BCUT2D eigenvalue weighted by molar-refractivity contribution is 6.28. The van der Waals surface area contributed by atoms with Crippen molar-refractivity contribution in [3.63, 3.8) is 0 Å². The third-order valence-corrected chi connectivity index (χ3v) is 1.46. The van der Waals surface area contributed by atoms with Crippen LogP contribution in [0.15, 0.2) is 6.20 Å². The molecule has 4 N–H and O–H groups in total. The maximum Gasteiger partial charge on any atom is 0.229 e. The minimum atomic E-state index is -0.494. The van der Waals surface area contributed by atoms with Gasteiger partial charge >= 0.3 is 0 Å². The number of nitrogens with zero attached hydrogens (tertiary/aromatic N) is 2. The summed E-state index contributed by atoms with van der Waals surface area (Å²) in [5, 5.41) is 0.0583. The van der Waals surface area contributed by atoms with Gasteiger partial charge in [0.1, 0.15) is 5.82 Å².